The molecule has 2 aromatic carbocycles. The molecule has 1 N–H and O–H groups in total. The molecule has 0 bridgehead atoms. The van der Waals surface area contributed by atoms with Gasteiger partial charge < -0.3 is 10.2 Å². The third-order valence-corrected chi connectivity index (χ3v) is 5.64. The summed E-state index contributed by atoms with van der Waals surface area (Å²) in [6, 6.07) is 13.6. The van der Waals surface area contributed by atoms with Crippen LogP contribution in [-0.4, -0.2) is 51.0 Å². The quantitative estimate of drug-likeness (QED) is 0.716. The van der Waals surface area contributed by atoms with Crippen molar-refractivity contribution in [3.05, 3.63) is 59.7 Å². The Morgan fingerprint density at radius 1 is 1.00 bits per heavy atom. The fraction of sp³-hybridized carbons (Fsp3) is 0.333. The fourth-order valence-corrected chi connectivity index (χ4v) is 3.89. The number of aryl methyl sites for hydroxylation is 1. The molecule has 0 saturated carbocycles. The molecule has 0 aliphatic carbocycles. The van der Waals surface area contributed by atoms with Gasteiger partial charge in [-0.15, -0.1) is 0 Å². The van der Waals surface area contributed by atoms with E-state index in [-0.39, 0.29) is 12.5 Å². The highest BCUT2D eigenvalue weighted by Gasteiger charge is 2.22. The number of para-hydroxylation sites is 1. The predicted octanol–water partition coefficient (Wildman–Crippen LogP) is 2.88. The Morgan fingerprint density at radius 3 is 2.24 bits per heavy atom. The van der Waals surface area contributed by atoms with Crippen LogP contribution in [0.3, 0.4) is 0 Å². The average Bonchev–Trinajstić information content (AvgIpc) is 2.67. The van der Waals surface area contributed by atoms with E-state index >= 15 is 0 Å². The molecule has 29 heavy (non-hydrogen) atoms. The van der Waals surface area contributed by atoms with Crippen LogP contribution in [0.5, 0.6) is 0 Å². The number of benzene rings is 2. The van der Waals surface area contributed by atoms with Crippen LogP contribution < -0.4 is 9.62 Å². The van der Waals surface area contributed by atoms with E-state index in [0.717, 1.165) is 16.1 Å². The van der Waals surface area contributed by atoms with Crippen molar-refractivity contribution in [1.82, 2.24) is 4.90 Å². The summed E-state index contributed by atoms with van der Waals surface area (Å²) >= 11 is 0. The van der Waals surface area contributed by atoms with Crippen LogP contribution in [0.25, 0.3) is 0 Å². The molecule has 2 aromatic rings. The van der Waals surface area contributed by atoms with Gasteiger partial charge in [-0.1, -0.05) is 24.3 Å². The summed E-state index contributed by atoms with van der Waals surface area (Å²) in [5.41, 5.74) is 2.10. The van der Waals surface area contributed by atoms with Gasteiger partial charge in [0.2, 0.25) is 15.9 Å². The van der Waals surface area contributed by atoms with Crippen molar-refractivity contribution >= 4 is 33.2 Å². The Balaban J connectivity index is 2.20. The van der Waals surface area contributed by atoms with Crippen LogP contribution in [0.2, 0.25) is 0 Å². The zero-order chi connectivity index (χ0) is 21.6. The van der Waals surface area contributed by atoms with E-state index in [4.69, 9.17) is 0 Å². The number of nitrogens with one attached hydrogen (secondary N) is 1. The second-order valence-electron chi connectivity index (χ2n) is 6.66. The first-order chi connectivity index (χ1) is 13.7. The minimum Gasteiger partial charge on any atom is -0.339 e. The highest BCUT2D eigenvalue weighted by Crippen LogP contribution is 2.22. The lowest BCUT2D eigenvalue weighted by molar-refractivity contribution is -0.114. The molecule has 0 fully saturated rings. The molecule has 0 heterocycles. The number of sulfonamides is 1. The maximum atomic E-state index is 12.6. The minimum atomic E-state index is -3.66. The van der Waals surface area contributed by atoms with Crippen LogP contribution in [0.15, 0.2) is 48.5 Å². The summed E-state index contributed by atoms with van der Waals surface area (Å²) in [5.74, 6) is -0.616. The van der Waals surface area contributed by atoms with Crippen molar-refractivity contribution < 1.29 is 18.0 Å². The molecular weight excluding hydrogens is 390 g/mol. The third kappa shape index (κ3) is 5.80. The van der Waals surface area contributed by atoms with Gasteiger partial charge in [0, 0.05) is 24.3 Å². The van der Waals surface area contributed by atoms with Gasteiger partial charge in [0.05, 0.1) is 11.9 Å². The molecule has 0 atom stereocenters. The number of nitrogens with zero attached hydrogens (tertiary/aromatic N) is 2. The van der Waals surface area contributed by atoms with E-state index in [2.05, 4.69) is 5.32 Å². The molecule has 0 aliphatic heterocycles. The number of carbonyl (C=O) groups excluding carboxylic acids is 2. The zero-order valence-electron chi connectivity index (χ0n) is 17.2. The van der Waals surface area contributed by atoms with Gasteiger partial charge in [-0.05, 0) is 50.6 Å². The van der Waals surface area contributed by atoms with Crippen molar-refractivity contribution in [2.24, 2.45) is 0 Å². The first-order valence-electron chi connectivity index (χ1n) is 9.39. The molecule has 0 aliphatic rings. The number of hydrogen-bond acceptors (Lipinski definition) is 4. The highest BCUT2D eigenvalue weighted by atomic mass is 32.2. The van der Waals surface area contributed by atoms with Crippen LogP contribution in [-0.2, 0) is 14.8 Å². The molecule has 0 saturated heterocycles. The van der Waals surface area contributed by atoms with Crippen molar-refractivity contribution in [2.75, 3.05) is 35.5 Å². The predicted molar refractivity (Wildman–Crippen MR) is 116 cm³/mol. The SMILES string of the molecule is CCN(CC)C(=O)c1cccc(NC(=O)CN(c2ccccc2C)S(C)(=O)=O)c1. The summed E-state index contributed by atoms with van der Waals surface area (Å²) in [6.45, 7) is 6.40. The molecule has 0 spiro atoms. The van der Waals surface area contributed by atoms with Gasteiger partial charge in [-0.2, -0.15) is 0 Å². The molecule has 0 radical (unpaired) electrons. The molecular formula is C21H27N3O4S. The number of amides is 2. The zero-order valence-corrected chi connectivity index (χ0v) is 18.0. The van der Waals surface area contributed by atoms with Crippen LogP contribution in [0, 0.1) is 6.92 Å². The van der Waals surface area contributed by atoms with E-state index in [1.165, 1.54) is 0 Å². The van der Waals surface area contributed by atoms with E-state index in [1.54, 1.807) is 60.4 Å². The minimum absolute atomic E-state index is 0.122. The van der Waals surface area contributed by atoms with Gasteiger partial charge in [-0.25, -0.2) is 8.42 Å². The lowest BCUT2D eigenvalue weighted by Gasteiger charge is -2.23. The molecule has 2 rings (SSSR count). The van der Waals surface area contributed by atoms with Crippen LogP contribution in [0.4, 0.5) is 11.4 Å². The molecule has 8 heteroatoms. The number of hydrogen-bond donors (Lipinski definition) is 1. The van der Waals surface area contributed by atoms with Gasteiger partial charge in [-0.3, -0.25) is 13.9 Å². The second kappa shape index (κ2) is 9.56. The maximum absolute atomic E-state index is 12.6. The lowest BCUT2D eigenvalue weighted by atomic mass is 10.1. The molecule has 0 aromatic heterocycles. The normalized spacial score (nSPS) is 11.0. The smallest absolute Gasteiger partial charge is 0.253 e. The number of anilines is 2. The van der Waals surface area contributed by atoms with Gasteiger partial charge in [0.25, 0.3) is 5.91 Å². The average molecular weight is 418 g/mol. The van der Waals surface area contributed by atoms with Crippen molar-refractivity contribution in [3.63, 3.8) is 0 Å². The van der Waals surface area contributed by atoms with Crippen molar-refractivity contribution in [1.29, 1.82) is 0 Å². The number of carbonyl (C=O) groups is 2. The molecule has 0 unspecified atom stereocenters. The summed E-state index contributed by atoms with van der Waals surface area (Å²) in [5, 5.41) is 2.69. The second-order valence-corrected chi connectivity index (χ2v) is 8.57. The topological polar surface area (TPSA) is 86.8 Å². The Morgan fingerprint density at radius 2 is 1.66 bits per heavy atom. The summed E-state index contributed by atoms with van der Waals surface area (Å²) in [4.78, 5) is 26.8. The largest absolute Gasteiger partial charge is 0.339 e. The Kier molecular flexibility index (Phi) is 7.39. The first-order valence-corrected chi connectivity index (χ1v) is 11.2. The van der Waals surface area contributed by atoms with Gasteiger partial charge in [0.15, 0.2) is 0 Å². The summed E-state index contributed by atoms with van der Waals surface area (Å²) in [6.07, 6.45) is 1.07. The monoisotopic (exact) mass is 417 g/mol. The van der Waals surface area contributed by atoms with Crippen LogP contribution >= 0.6 is 0 Å². The van der Waals surface area contributed by atoms with E-state index < -0.39 is 15.9 Å². The fourth-order valence-electron chi connectivity index (χ4n) is 2.98. The maximum Gasteiger partial charge on any atom is 0.253 e. The Bertz CT molecular complexity index is 985. The van der Waals surface area contributed by atoms with E-state index in [1.807, 2.05) is 13.8 Å². The van der Waals surface area contributed by atoms with Crippen molar-refractivity contribution in [3.8, 4) is 0 Å². The molecule has 7 nitrogen and oxygen atoms in total. The summed E-state index contributed by atoms with van der Waals surface area (Å²) in [7, 11) is -3.66. The van der Waals surface area contributed by atoms with Gasteiger partial charge >= 0.3 is 0 Å². The summed E-state index contributed by atoms with van der Waals surface area (Å²) < 4.78 is 25.6. The van der Waals surface area contributed by atoms with E-state index in [9.17, 15) is 18.0 Å². The van der Waals surface area contributed by atoms with E-state index in [0.29, 0.717) is 30.0 Å². The lowest BCUT2D eigenvalue weighted by Crippen LogP contribution is -2.37. The molecule has 156 valence electrons. The van der Waals surface area contributed by atoms with Crippen LogP contribution in [0.1, 0.15) is 29.8 Å². The Labute approximate surface area is 172 Å². The first kappa shape index (κ1) is 22.4. The standard InChI is InChI=1S/C21H27N3O4S/c1-5-23(6-2)21(26)17-11-9-12-18(14-17)22-20(25)15-24(29(4,27)28)19-13-8-7-10-16(19)3/h7-14H,5-6,15H2,1-4H3,(H,22,25). The highest BCUT2D eigenvalue weighted by molar-refractivity contribution is 7.92. The molecule has 2 amide bonds. The van der Waals surface area contributed by atoms with Gasteiger partial charge in [0.1, 0.15) is 6.54 Å². The Hall–Kier alpha value is -2.87. The van der Waals surface area contributed by atoms with Crippen molar-refractivity contribution in [2.45, 2.75) is 20.8 Å². The number of rotatable bonds is 8. The third-order valence-electron chi connectivity index (χ3n) is 4.52.